The fourth-order valence-corrected chi connectivity index (χ4v) is 2.51. The van der Waals surface area contributed by atoms with E-state index < -0.39 is 5.82 Å². The van der Waals surface area contributed by atoms with Gasteiger partial charge in [-0.25, -0.2) is 24.3 Å². The Morgan fingerprint density at radius 3 is 2.95 bits per heavy atom. The van der Waals surface area contributed by atoms with E-state index in [2.05, 4.69) is 25.3 Å². The lowest BCUT2D eigenvalue weighted by molar-refractivity contribution is 0.0928. The van der Waals surface area contributed by atoms with Crippen molar-refractivity contribution in [3.8, 4) is 0 Å². The van der Waals surface area contributed by atoms with Crippen LogP contribution in [0.25, 0.3) is 0 Å². The van der Waals surface area contributed by atoms with E-state index in [0.29, 0.717) is 18.8 Å². The lowest BCUT2D eigenvalue weighted by atomic mass is 10.1. The molecule has 0 radical (unpaired) electrons. The summed E-state index contributed by atoms with van der Waals surface area (Å²) in [7, 11) is 0. The highest BCUT2D eigenvalue weighted by Gasteiger charge is 2.24. The number of anilines is 1. The van der Waals surface area contributed by atoms with Crippen molar-refractivity contribution in [2.24, 2.45) is 0 Å². The third-order valence-corrected chi connectivity index (χ3v) is 3.52. The molecule has 1 aliphatic heterocycles. The van der Waals surface area contributed by atoms with E-state index in [9.17, 15) is 9.18 Å². The van der Waals surface area contributed by atoms with Gasteiger partial charge in [0.25, 0.3) is 5.91 Å². The van der Waals surface area contributed by atoms with Crippen molar-refractivity contribution in [1.29, 1.82) is 0 Å². The van der Waals surface area contributed by atoms with Gasteiger partial charge >= 0.3 is 0 Å². The molecule has 1 aliphatic rings. The largest absolute Gasteiger partial charge is 0.352 e. The van der Waals surface area contributed by atoms with Gasteiger partial charge in [0.1, 0.15) is 18.3 Å². The zero-order valence-corrected chi connectivity index (χ0v) is 11.8. The van der Waals surface area contributed by atoms with Crippen LogP contribution in [0, 0.1) is 5.82 Å². The Kier molecular flexibility index (Phi) is 4.17. The molecule has 114 valence electrons. The van der Waals surface area contributed by atoms with E-state index in [4.69, 9.17) is 0 Å². The zero-order chi connectivity index (χ0) is 15.4. The van der Waals surface area contributed by atoms with Crippen LogP contribution in [0.15, 0.2) is 31.1 Å². The molecule has 1 fully saturated rings. The first-order chi connectivity index (χ1) is 10.7. The Balaban J connectivity index is 1.66. The summed E-state index contributed by atoms with van der Waals surface area (Å²) in [6.07, 6.45) is 6.99. The smallest absolute Gasteiger partial charge is 0.270 e. The number of aromatic nitrogens is 4. The highest BCUT2D eigenvalue weighted by atomic mass is 19.1. The Morgan fingerprint density at radius 2 is 2.18 bits per heavy atom. The maximum atomic E-state index is 13.8. The second-order valence-corrected chi connectivity index (χ2v) is 5.05. The van der Waals surface area contributed by atoms with Crippen molar-refractivity contribution in [3.05, 3.63) is 42.6 Å². The minimum Gasteiger partial charge on any atom is -0.352 e. The second kappa shape index (κ2) is 6.42. The summed E-state index contributed by atoms with van der Waals surface area (Å²) in [5.74, 6) is -0.432. The van der Waals surface area contributed by atoms with Crippen LogP contribution in [0.1, 0.15) is 23.3 Å². The molecule has 1 N–H and O–H groups in total. The molecular formula is C14H15FN6O. The lowest BCUT2D eigenvalue weighted by Crippen LogP contribution is -2.48. The van der Waals surface area contributed by atoms with Gasteiger partial charge in [-0.15, -0.1) is 0 Å². The molecule has 0 saturated carbocycles. The van der Waals surface area contributed by atoms with Gasteiger partial charge in [0.05, 0.1) is 6.20 Å². The topological polar surface area (TPSA) is 83.9 Å². The minimum atomic E-state index is -0.453. The first-order valence-electron chi connectivity index (χ1n) is 7.01. The molecule has 8 heteroatoms. The summed E-state index contributed by atoms with van der Waals surface area (Å²) in [5, 5.41) is 2.92. The van der Waals surface area contributed by atoms with Crippen LogP contribution in [0.2, 0.25) is 0 Å². The molecule has 0 spiro atoms. The normalized spacial score (nSPS) is 18.0. The average molecular weight is 302 g/mol. The molecule has 3 heterocycles. The van der Waals surface area contributed by atoms with Gasteiger partial charge < -0.3 is 10.2 Å². The molecule has 1 unspecified atom stereocenters. The molecule has 0 bridgehead atoms. The summed E-state index contributed by atoms with van der Waals surface area (Å²) in [4.78, 5) is 29.3. The Bertz CT molecular complexity index is 653. The molecule has 1 atom stereocenters. The Hall–Kier alpha value is -2.64. The number of hydrogen-bond acceptors (Lipinski definition) is 6. The number of rotatable bonds is 3. The SMILES string of the molecule is O=C(NC1CCCN(c2ncncc2F)C1)c1ccncn1. The third kappa shape index (κ3) is 3.16. The summed E-state index contributed by atoms with van der Waals surface area (Å²) >= 11 is 0. The van der Waals surface area contributed by atoms with Crippen molar-refractivity contribution in [3.63, 3.8) is 0 Å². The van der Waals surface area contributed by atoms with E-state index in [1.54, 1.807) is 6.07 Å². The monoisotopic (exact) mass is 302 g/mol. The fraction of sp³-hybridized carbons (Fsp3) is 0.357. The van der Waals surface area contributed by atoms with Crippen molar-refractivity contribution < 1.29 is 9.18 Å². The predicted molar refractivity (Wildman–Crippen MR) is 76.7 cm³/mol. The highest BCUT2D eigenvalue weighted by Crippen LogP contribution is 2.20. The molecule has 2 aromatic heterocycles. The van der Waals surface area contributed by atoms with Gasteiger partial charge in [0.2, 0.25) is 0 Å². The minimum absolute atomic E-state index is 0.0782. The van der Waals surface area contributed by atoms with Gasteiger partial charge in [0, 0.05) is 25.3 Å². The van der Waals surface area contributed by atoms with E-state index in [1.807, 2.05) is 4.90 Å². The molecule has 1 saturated heterocycles. The van der Waals surface area contributed by atoms with E-state index in [1.165, 1.54) is 18.9 Å². The second-order valence-electron chi connectivity index (χ2n) is 5.05. The number of nitrogens with zero attached hydrogens (tertiary/aromatic N) is 5. The van der Waals surface area contributed by atoms with Crippen LogP contribution in [-0.2, 0) is 0 Å². The molecular weight excluding hydrogens is 287 g/mol. The molecule has 2 aromatic rings. The Morgan fingerprint density at radius 1 is 1.32 bits per heavy atom. The number of carbonyl (C=O) groups excluding carboxylic acids is 1. The quantitative estimate of drug-likeness (QED) is 0.903. The number of amides is 1. The van der Waals surface area contributed by atoms with Gasteiger partial charge in [0.15, 0.2) is 11.6 Å². The van der Waals surface area contributed by atoms with Crippen LogP contribution in [0.4, 0.5) is 10.2 Å². The van der Waals surface area contributed by atoms with Gasteiger partial charge in [-0.05, 0) is 18.9 Å². The molecule has 7 nitrogen and oxygen atoms in total. The first-order valence-corrected chi connectivity index (χ1v) is 7.01. The van der Waals surface area contributed by atoms with Crippen LogP contribution >= 0.6 is 0 Å². The maximum Gasteiger partial charge on any atom is 0.270 e. The number of carbonyl (C=O) groups is 1. The fourth-order valence-electron chi connectivity index (χ4n) is 2.51. The van der Waals surface area contributed by atoms with Crippen molar-refractivity contribution in [2.45, 2.75) is 18.9 Å². The summed E-state index contributed by atoms with van der Waals surface area (Å²) in [5.41, 5.74) is 0.320. The average Bonchev–Trinajstić information content (AvgIpc) is 2.56. The summed E-state index contributed by atoms with van der Waals surface area (Å²) in [6.45, 7) is 1.21. The van der Waals surface area contributed by atoms with Crippen molar-refractivity contribution in [1.82, 2.24) is 25.3 Å². The van der Waals surface area contributed by atoms with Crippen molar-refractivity contribution >= 4 is 11.7 Å². The van der Waals surface area contributed by atoms with Crippen LogP contribution < -0.4 is 10.2 Å². The number of halogens is 1. The third-order valence-electron chi connectivity index (χ3n) is 3.52. The van der Waals surface area contributed by atoms with E-state index in [-0.39, 0.29) is 17.8 Å². The van der Waals surface area contributed by atoms with Gasteiger partial charge in [-0.2, -0.15) is 0 Å². The first kappa shape index (κ1) is 14.3. The number of piperidine rings is 1. The zero-order valence-electron chi connectivity index (χ0n) is 11.8. The molecule has 0 aromatic carbocycles. The Labute approximate surface area is 126 Å². The van der Waals surface area contributed by atoms with Crippen LogP contribution in [0.3, 0.4) is 0 Å². The number of nitrogens with one attached hydrogen (secondary N) is 1. The molecule has 1 amide bonds. The lowest BCUT2D eigenvalue weighted by Gasteiger charge is -2.33. The number of hydrogen-bond donors (Lipinski definition) is 1. The highest BCUT2D eigenvalue weighted by molar-refractivity contribution is 5.92. The maximum absolute atomic E-state index is 13.8. The summed E-state index contributed by atoms with van der Waals surface area (Å²) in [6, 6.07) is 1.48. The van der Waals surface area contributed by atoms with E-state index in [0.717, 1.165) is 19.0 Å². The van der Waals surface area contributed by atoms with E-state index >= 15 is 0 Å². The molecule has 3 rings (SSSR count). The summed E-state index contributed by atoms with van der Waals surface area (Å²) < 4.78 is 13.8. The van der Waals surface area contributed by atoms with Gasteiger partial charge in [-0.1, -0.05) is 0 Å². The molecule has 22 heavy (non-hydrogen) atoms. The van der Waals surface area contributed by atoms with Crippen LogP contribution in [-0.4, -0.2) is 45.0 Å². The van der Waals surface area contributed by atoms with Gasteiger partial charge in [-0.3, -0.25) is 4.79 Å². The standard InChI is InChI=1S/C14H15FN6O/c15-11-6-17-9-19-13(11)21-5-1-2-10(7-21)20-14(22)12-3-4-16-8-18-12/h3-4,6,8-10H,1-2,5,7H2,(H,20,22). The van der Waals surface area contributed by atoms with Crippen LogP contribution in [0.5, 0.6) is 0 Å². The molecule has 0 aliphatic carbocycles. The van der Waals surface area contributed by atoms with Crippen molar-refractivity contribution in [2.75, 3.05) is 18.0 Å². The predicted octanol–water partition coefficient (Wildman–Crippen LogP) is 0.804.